The van der Waals surface area contributed by atoms with E-state index in [1.165, 1.54) is 12.1 Å². The Bertz CT molecular complexity index is 1630. The Labute approximate surface area is 221 Å². The zero-order chi connectivity index (χ0) is 27.5. The van der Waals surface area contributed by atoms with Gasteiger partial charge in [-0.25, -0.2) is 4.79 Å². The van der Waals surface area contributed by atoms with E-state index >= 15 is 0 Å². The molecule has 1 atom stereocenters. The molecule has 0 aromatic heterocycles. The number of phenols is 2. The quantitative estimate of drug-likeness (QED) is 0.488. The van der Waals surface area contributed by atoms with E-state index in [0.717, 1.165) is 29.5 Å². The van der Waals surface area contributed by atoms with Gasteiger partial charge < -0.3 is 14.9 Å². The van der Waals surface area contributed by atoms with Crippen LogP contribution in [0.4, 0.5) is 0 Å². The van der Waals surface area contributed by atoms with Crippen molar-refractivity contribution in [3.63, 3.8) is 0 Å². The molecular weight excluding hydrogens is 480 g/mol. The first kappa shape index (κ1) is 24.4. The van der Waals surface area contributed by atoms with Crippen LogP contribution in [0.1, 0.15) is 72.3 Å². The number of rotatable bonds is 1. The van der Waals surface area contributed by atoms with Gasteiger partial charge in [0.1, 0.15) is 17.6 Å². The summed E-state index contributed by atoms with van der Waals surface area (Å²) in [6.07, 6.45) is 2.35. The van der Waals surface area contributed by atoms with Crippen LogP contribution in [0, 0.1) is 24.7 Å². The van der Waals surface area contributed by atoms with Gasteiger partial charge in [-0.15, -0.1) is 0 Å². The van der Waals surface area contributed by atoms with Crippen LogP contribution in [0.3, 0.4) is 0 Å². The third-order valence-corrected chi connectivity index (χ3v) is 8.80. The summed E-state index contributed by atoms with van der Waals surface area (Å²) in [6.45, 7) is 11.2. The van der Waals surface area contributed by atoms with Gasteiger partial charge in [0.25, 0.3) is 0 Å². The zero-order valence-corrected chi connectivity index (χ0v) is 22.4. The van der Waals surface area contributed by atoms with Gasteiger partial charge in [0.2, 0.25) is 0 Å². The van der Waals surface area contributed by atoms with Crippen molar-refractivity contribution in [2.24, 2.45) is 10.8 Å². The molecule has 0 spiro atoms. The van der Waals surface area contributed by atoms with Crippen molar-refractivity contribution in [1.29, 1.82) is 0 Å². The molecule has 194 valence electrons. The van der Waals surface area contributed by atoms with Crippen LogP contribution < -0.4 is 0 Å². The number of fused-ring (bicyclic) bond motifs is 6. The third kappa shape index (κ3) is 3.09. The van der Waals surface area contributed by atoms with Gasteiger partial charge in [0, 0.05) is 22.1 Å². The maximum absolute atomic E-state index is 14.2. The van der Waals surface area contributed by atoms with Gasteiger partial charge in [-0.2, -0.15) is 0 Å². The average molecular weight is 511 g/mol. The molecule has 1 heterocycles. The van der Waals surface area contributed by atoms with Crippen molar-refractivity contribution < 1.29 is 29.3 Å². The molecule has 6 heteroatoms. The molecule has 0 fully saturated rings. The van der Waals surface area contributed by atoms with Crippen LogP contribution in [-0.4, -0.2) is 33.9 Å². The Morgan fingerprint density at radius 3 is 2.13 bits per heavy atom. The third-order valence-electron chi connectivity index (χ3n) is 8.80. The molecule has 2 aromatic rings. The summed E-state index contributed by atoms with van der Waals surface area (Å²) < 4.78 is 6.05. The highest BCUT2D eigenvalue weighted by Gasteiger charge is 2.54. The first-order valence-electron chi connectivity index (χ1n) is 12.9. The minimum absolute atomic E-state index is 0.00709. The monoisotopic (exact) mass is 510 g/mol. The molecule has 0 saturated heterocycles. The highest BCUT2D eigenvalue weighted by Crippen LogP contribution is 2.57. The number of benzene rings is 2. The van der Waals surface area contributed by atoms with Gasteiger partial charge in [0.05, 0.1) is 11.0 Å². The number of hydrogen-bond acceptors (Lipinski definition) is 6. The fraction of sp³-hybridized carbons (Fsp3) is 0.344. The largest absolute Gasteiger partial charge is 0.508 e. The summed E-state index contributed by atoms with van der Waals surface area (Å²) >= 11 is 0. The molecule has 0 radical (unpaired) electrons. The lowest BCUT2D eigenvalue weighted by Crippen LogP contribution is -2.30. The second kappa shape index (κ2) is 7.56. The predicted octanol–water partition coefficient (Wildman–Crippen LogP) is 5.55. The number of carbonyl (C=O) groups is 3. The van der Waals surface area contributed by atoms with Crippen LogP contribution in [-0.2, 0) is 20.7 Å². The van der Waals surface area contributed by atoms with Crippen molar-refractivity contribution >= 4 is 28.7 Å². The standard InChI is InChI=1S/C32H30O6/c1-14-9-16-7-8-31(3,4)29-25(17(16)11-21(14)33)27(30(37)38-29)26-24-19-10-15(2)22(34)12-18(19)23(35)13-20(24)32(5,6)28(26)36/h9-13,29,33-34H,7-8H2,1-6H3. The molecule has 38 heavy (non-hydrogen) atoms. The van der Waals surface area contributed by atoms with Gasteiger partial charge in [0.15, 0.2) is 11.6 Å². The Morgan fingerprint density at radius 1 is 0.816 bits per heavy atom. The van der Waals surface area contributed by atoms with E-state index in [4.69, 9.17) is 4.74 Å². The van der Waals surface area contributed by atoms with Gasteiger partial charge in [-0.3, -0.25) is 9.59 Å². The van der Waals surface area contributed by atoms with Gasteiger partial charge >= 0.3 is 5.97 Å². The number of ketones is 2. The number of phenolic OH excluding ortho intramolecular Hbond substituents is 2. The summed E-state index contributed by atoms with van der Waals surface area (Å²) in [4.78, 5) is 41.1. The molecule has 0 bridgehead atoms. The molecule has 3 aliphatic carbocycles. The smallest absolute Gasteiger partial charge is 0.339 e. The molecule has 4 aliphatic rings. The number of carbonyl (C=O) groups excluding carboxylic acids is 3. The summed E-state index contributed by atoms with van der Waals surface area (Å²) in [5.74, 6) is -1.02. The Hall–Kier alpha value is -3.93. The van der Waals surface area contributed by atoms with E-state index in [1.54, 1.807) is 32.9 Å². The maximum atomic E-state index is 14.2. The van der Waals surface area contributed by atoms with Crippen molar-refractivity contribution in [2.75, 3.05) is 0 Å². The fourth-order valence-electron chi connectivity index (χ4n) is 6.41. The Balaban J connectivity index is 1.76. The number of allylic oxidation sites excluding steroid dienone is 3. The molecule has 6 rings (SSSR count). The Morgan fingerprint density at radius 2 is 1.45 bits per heavy atom. The maximum Gasteiger partial charge on any atom is 0.339 e. The number of ether oxygens (including phenoxy) is 1. The minimum atomic E-state index is -1.05. The second-order valence-corrected chi connectivity index (χ2v) is 12.2. The summed E-state index contributed by atoms with van der Waals surface area (Å²) in [6, 6.07) is 6.77. The van der Waals surface area contributed by atoms with Gasteiger partial charge in [-0.05, 0) is 104 Å². The molecule has 2 N–H and O–H groups in total. The molecule has 1 aliphatic heterocycles. The molecule has 2 aromatic carbocycles. The average Bonchev–Trinajstić information content (AvgIpc) is 3.24. The lowest BCUT2D eigenvalue weighted by Gasteiger charge is -2.30. The summed E-state index contributed by atoms with van der Waals surface area (Å²) in [5, 5.41) is 21.0. The number of hydrogen-bond donors (Lipinski definition) is 2. The molecule has 6 nitrogen and oxygen atoms in total. The lowest BCUT2D eigenvalue weighted by molar-refractivity contribution is -0.143. The first-order chi connectivity index (χ1) is 17.7. The van der Waals surface area contributed by atoms with E-state index < -0.39 is 22.9 Å². The van der Waals surface area contributed by atoms with E-state index in [1.807, 2.05) is 13.0 Å². The van der Waals surface area contributed by atoms with E-state index in [9.17, 15) is 24.6 Å². The van der Waals surface area contributed by atoms with Crippen LogP contribution in [0.5, 0.6) is 11.5 Å². The van der Waals surface area contributed by atoms with Crippen molar-refractivity contribution in [2.45, 2.75) is 60.5 Å². The number of Topliss-reactive ketones (excluding diaryl/α,β-unsaturated/α-hetero) is 1. The second-order valence-electron chi connectivity index (χ2n) is 12.2. The number of aromatic hydroxyl groups is 2. The van der Waals surface area contributed by atoms with Crippen LogP contribution in [0.15, 0.2) is 47.1 Å². The summed E-state index contributed by atoms with van der Waals surface area (Å²) in [5.41, 5.74) is 4.53. The predicted molar refractivity (Wildman–Crippen MR) is 143 cm³/mol. The van der Waals surface area contributed by atoms with Crippen LogP contribution in [0.2, 0.25) is 0 Å². The highest BCUT2D eigenvalue weighted by atomic mass is 16.5. The summed E-state index contributed by atoms with van der Waals surface area (Å²) in [7, 11) is 0. The van der Waals surface area contributed by atoms with Crippen molar-refractivity contribution in [3.8, 4) is 11.5 Å². The van der Waals surface area contributed by atoms with Crippen LogP contribution in [0.25, 0.3) is 11.1 Å². The normalized spacial score (nSPS) is 22.9. The van der Waals surface area contributed by atoms with E-state index in [0.29, 0.717) is 33.4 Å². The zero-order valence-electron chi connectivity index (χ0n) is 22.4. The van der Waals surface area contributed by atoms with E-state index in [2.05, 4.69) is 13.8 Å². The Kier molecular flexibility index (Phi) is 4.86. The lowest BCUT2D eigenvalue weighted by atomic mass is 9.77. The first-order valence-corrected chi connectivity index (χ1v) is 12.9. The van der Waals surface area contributed by atoms with E-state index in [-0.39, 0.29) is 34.2 Å². The van der Waals surface area contributed by atoms with Crippen molar-refractivity contribution in [3.05, 3.63) is 80.4 Å². The van der Waals surface area contributed by atoms with Crippen molar-refractivity contribution in [1.82, 2.24) is 0 Å². The number of aryl methyl sites for hydroxylation is 3. The minimum Gasteiger partial charge on any atom is -0.508 e. The SMILES string of the molecule is Cc1cc2c(cc1O)C1=C(C3=C4C(=CC(=O)c5cc(O)c(C)cc54)C(C)(C)C3=O)C(=O)OC1C(C)(C)CC2. The van der Waals surface area contributed by atoms with Crippen LogP contribution >= 0.6 is 0 Å². The molecule has 0 saturated carbocycles. The van der Waals surface area contributed by atoms with Gasteiger partial charge in [-0.1, -0.05) is 19.9 Å². The highest BCUT2D eigenvalue weighted by molar-refractivity contribution is 6.31. The molecule has 0 amide bonds. The number of esters is 1. The molecular formula is C32H30O6. The molecule has 1 unspecified atom stereocenters. The fourth-order valence-corrected chi connectivity index (χ4v) is 6.41. The topological polar surface area (TPSA) is 101 Å².